The van der Waals surface area contributed by atoms with E-state index in [0.717, 1.165) is 11.3 Å². The first kappa shape index (κ1) is 11.9. The van der Waals surface area contributed by atoms with E-state index >= 15 is 0 Å². The topological polar surface area (TPSA) is 26.3 Å². The van der Waals surface area contributed by atoms with E-state index in [1.807, 2.05) is 42.5 Å². The normalized spacial score (nSPS) is 9.17. The molecule has 2 aromatic carbocycles. The van der Waals surface area contributed by atoms with Crippen molar-refractivity contribution in [1.29, 1.82) is 0 Å². The Morgan fingerprint density at radius 3 is 2.28 bits per heavy atom. The average molecular weight is 237 g/mol. The monoisotopic (exact) mass is 237 g/mol. The molecule has 0 aliphatic heterocycles. The summed E-state index contributed by atoms with van der Waals surface area (Å²) in [5.41, 5.74) is 1.40. The zero-order valence-electron chi connectivity index (χ0n) is 10.0. The molecule has 0 heterocycles. The Balaban J connectivity index is 2.14. The van der Waals surface area contributed by atoms with Gasteiger partial charge in [-0.15, -0.1) is 0 Å². The van der Waals surface area contributed by atoms with E-state index in [2.05, 4.69) is 11.8 Å². The summed E-state index contributed by atoms with van der Waals surface area (Å²) in [6, 6.07) is 16.3. The standard InChI is InChI=1S/C16H12O2/c1-18-15-10-7-13(8-11-15)9-12-16(17)14-5-3-2-4-6-14/h2-8,10-11H,1H3/i9+1. The van der Waals surface area contributed by atoms with Crippen LogP contribution in [-0.2, 0) is 0 Å². The van der Waals surface area contributed by atoms with Crippen molar-refractivity contribution in [2.24, 2.45) is 0 Å². The molecule has 0 bridgehead atoms. The Bertz CT molecular complexity index is 586. The molecule has 2 nitrogen and oxygen atoms in total. The first-order chi connectivity index (χ1) is 8.79. The van der Waals surface area contributed by atoms with E-state index in [-0.39, 0.29) is 5.78 Å². The summed E-state index contributed by atoms with van der Waals surface area (Å²) in [6.07, 6.45) is 0. The molecule has 0 aromatic heterocycles. The van der Waals surface area contributed by atoms with Gasteiger partial charge in [0.15, 0.2) is 0 Å². The number of ketones is 1. The Morgan fingerprint density at radius 2 is 1.67 bits per heavy atom. The third-order valence-corrected chi connectivity index (χ3v) is 2.45. The van der Waals surface area contributed by atoms with Gasteiger partial charge in [-0.1, -0.05) is 36.3 Å². The fourth-order valence-corrected chi connectivity index (χ4v) is 1.46. The largest absolute Gasteiger partial charge is 0.497 e. The molecule has 0 atom stereocenters. The molecule has 0 aliphatic carbocycles. The van der Waals surface area contributed by atoms with Gasteiger partial charge < -0.3 is 4.74 Å². The zero-order chi connectivity index (χ0) is 12.8. The third kappa shape index (κ3) is 2.99. The Hall–Kier alpha value is -2.53. The van der Waals surface area contributed by atoms with Gasteiger partial charge in [0.1, 0.15) is 5.75 Å². The van der Waals surface area contributed by atoms with Crippen LogP contribution >= 0.6 is 0 Å². The maximum Gasteiger partial charge on any atom is 0.236 e. The van der Waals surface area contributed by atoms with Gasteiger partial charge in [0.05, 0.1) is 7.11 Å². The lowest BCUT2D eigenvalue weighted by Gasteiger charge is -1.97. The van der Waals surface area contributed by atoms with Gasteiger partial charge in [0.25, 0.3) is 0 Å². The van der Waals surface area contributed by atoms with E-state index in [1.165, 1.54) is 0 Å². The van der Waals surface area contributed by atoms with E-state index < -0.39 is 0 Å². The van der Waals surface area contributed by atoms with Crippen LogP contribution in [0.1, 0.15) is 15.9 Å². The van der Waals surface area contributed by atoms with Crippen molar-refractivity contribution in [2.75, 3.05) is 7.11 Å². The number of carbonyl (C=O) groups is 1. The van der Waals surface area contributed by atoms with Gasteiger partial charge in [0, 0.05) is 11.1 Å². The Kier molecular flexibility index (Phi) is 3.78. The first-order valence-electron chi connectivity index (χ1n) is 5.55. The number of carbonyl (C=O) groups excluding carboxylic acids is 1. The van der Waals surface area contributed by atoms with Crippen molar-refractivity contribution < 1.29 is 9.53 Å². The molecule has 2 heteroatoms. The fourth-order valence-electron chi connectivity index (χ4n) is 1.46. The molecule has 2 rings (SSSR count). The highest BCUT2D eigenvalue weighted by Crippen LogP contribution is 2.10. The molecule has 0 fully saturated rings. The van der Waals surface area contributed by atoms with Crippen LogP contribution in [0.2, 0.25) is 0 Å². The van der Waals surface area contributed by atoms with Crippen molar-refractivity contribution in [3.63, 3.8) is 0 Å². The number of rotatable bonds is 2. The number of methoxy groups -OCH3 is 1. The molecule has 0 unspecified atom stereocenters. The molecule has 0 radical (unpaired) electrons. The predicted octanol–water partition coefficient (Wildman–Crippen LogP) is 2.93. The molecule has 0 aliphatic rings. The summed E-state index contributed by atoms with van der Waals surface area (Å²) in [5.74, 6) is 6.06. The van der Waals surface area contributed by atoms with E-state index in [4.69, 9.17) is 4.74 Å². The fraction of sp³-hybridized carbons (Fsp3) is 0.0625. The molecule has 0 saturated carbocycles. The maximum absolute atomic E-state index is 11.7. The van der Waals surface area contributed by atoms with Crippen LogP contribution in [0.25, 0.3) is 0 Å². The van der Waals surface area contributed by atoms with Gasteiger partial charge in [-0.25, -0.2) is 0 Å². The number of hydrogen-bond acceptors (Lipinski definition) is 2. The number of ether oxygens (including phenoxy) is 1. The molecule has 18 heavy (non-hydrogen) atoms. The van der Waals surface area contributed by atoms with Crippen LogP contribution in [0, 0.1) is 11.8 Å². The van der Waals surface area contributed by atoms with Crippen LogP contribution in [0.15, 0.2) is 54.6 Å². The van der Waals surface area contributed by atoms with Crippen LogP contribution in [-0.4, -0.2) is 12.9 Å². The van der Waals surface area contributed by atoms with E-state index in [1.54, 1.807) is 19.2 Å². The summed E-state index contributed by atoms with van der Waals surface area (Å²) >= 11 is 0. The quantitative estimate of drug-likeness (QED) is 0.456. The molecule has 0 saturated heterocycles. The molecule has 0 N–H and O–H groups in total. The number of hydrogen-bond donors (Lipinski definition) is 0. The van der Waals surface area contributed by atoms with Crippen molar-refractivity contribution in [2.45, 2.75) is 0 Å². The maximum atomic E-state index is 11.7. The SMILES string of the molecule is COc1ccc([13C]#CC(=O)c2ccccc2)cc1. The van der Waals surface area contributed by atoms with Crippen LogP contribution in [0.5, 0.6) is 5.75 Å². The highest BCUT2D eigenvalue weighted by molar-refractivity contribution is 6.09. The number of Topliss-reactive ketones (excluding diaryl/α,β-unsaturated/α-hetero) is 1. The van der Waals surface area contributed by atoms with Crippen LogP contribution in [0.3, 0.4) is 0 Å². The minimum absolute atomic E-state index is 0.175. The highest BCUT2D eigenvalue weighted by Gasteiger charge is 1.99. The Morgan fingerprint density at radius 1 is 1.00 bits per heavy atom. The minimum atomic E-state index is -0.175. The first-order valence-corrected chi connectivity index (χ1v) is 5.55. The van der Waals surface area contributed by atoms with E-state index in [0.29, 0.717) is 5.56 Å². The second-order valence-electron chi connectivity index (χ2n) is 3.67. The third-order valence-electron chi connectivity index (χ3n) is 2.45. The number of benzene rings is 2. The van der Waals surface area contributed by atoms with Crippen LogP contribution < -0.4 is 4.74 Å². The van der Waals surface area contributed by atoms with Gasteiger partial charge in [-0.3, -0.25) is 4.79 Å². The van der Waals surface area contributed by atoms with Gasteiger partial charge >= 0.3 is 0 Å². The molecular formula is C16H12O2. The summed E-state index contributed by atoms with van der Waals surface area (Å²) in [5, 5.41) is 0. The summed E-state index contributed by atoms with van der Waals surface area (Å²) in [4.78, 5) is 11.7. The molecule has 2 aromatic rings. The van der Waals surface area contributed by atoms with Crippen molar-refractivity contribution >= 4 is 5.78 Å². The van der Waals surface area contributed by atoms with Crippen molar-refractivity contribution in [3.05, 3.63) is 65.7 Å². The predicted molar refractivity (Wildman–Crippen MR) is 70.6 cm³/mol. The molecule has 0 spiro atoms. The lowest BCUT2D eigenvalue weighted by molar-refractivity contribution is 0.105. The molecule has 0 amide bonds. The average Bonchev–Trinajstić information content (AvgIpc) is 2.46. The summed E-state index contributed by atoms with van der Waals surface area (Å²) < 4.78 is 5.05. The van der Waals surface area contributed by atoms with Gasteiger partial charge in [-0.05, 0) is 30.2 Å². The minimum Gasteiger partial charge on any atom is -0.497 e. The zero-order valence-corrected chi connectivity index (χ0v) is 10.0. The molecule has 88 valence electrons. The lowest BCUT2D eigenvalue weighted by Crippen LogP contribution is -1.93. The summed E-state index contributed by atoms with van der Waals surface area (Å²) in [6.45, 7) is 0. The second-order valence-corrected chi connectivity index (χ2v) is 3.67. The van der Waals surface area contributed by atoms with Gasteiger partial charge in [0.2, 0.25) is 5.78 Å². The molecular weight excluding hydrogens is 225 g/mol. The van der Waals surface area contributed by atoms with E-state index in [9.17, 15) is 4.79 Å². The second kappa shape index (κ2) is 5.70. The lowest BCUT2D eigenvalue weighted by atomic mass is 10.1. The van der Waals surface area contributed by atoms with Crippen molar-refractivity contribution in [1.82, 2.24) is 0 Å². The Labute approximate surface area is 106 Å². The van der Waals surface area contributed by atoms with Crippen molar-refractivity contribution in [3.8, 4) is 17.6 Å². The smallest absolute Gasteiger partial charge is 0.236 e. The highest BCUT2D eigenvalue weighted by atomic mass is 16.5. The van der Waals surface area contributed by atoms with Crippen LogP contribution in [0.4, 0.5) is 0 Å². The van der Waals surface area contributed by atoms with Gasteiger partial charge in [-0.2, -0.15) is 0 Å². The summed E-state index contributed by atoms with van der Waals surface area (Å²) in [7, 11) is 1.61.